The number of hydrogen-bond donors (Lipinski definition) is 0. The molecule has 2 aliphatic heterocycles. The number of morpholine rings is 1. The Kier molecular flexibility index (Phi) is 3.93. The monoisotopic (exact) mass is 247 g/mol. The van der Waals surface area contributed by atoms with Gasteiger partial charge in [0, 0.05) is 13.1 Å². The average molecular weight is 247 g/mol. The molecule has 3 nitrogen and oxygen atoms in total. The summed E-state index contributed by atoms with van der Waals surface area (Å²) in [6.45, 7) is 6.77. The molecule has 0 atom stereocenters. The lowest BCUT2D eigenvalue weighted by molar-refractivity contribution is 0.0374. The van der Waals surface area contributed by atoms with Crippen LogP contribution in [0.15, 0.2) is 18.2 Å². The molecule has 1 fully saturated rings. The first kappa shape index (κ1) is 12.2. The second-order valence-corrected chi connectivity index (χ2v) is 5.15. The smallest absolute Gasteiger partial charge is 0.0725 e. The van der Waals surface area contributed by atoms with E-state index in [0.29, 0.717) is 0 Å². The third-order valence-electron chi connectivity index (χ3n) is 3.83. The molecule has 0 aliphatic carbocycles. The van der Waals surface area contributed by atoms with E-state index in [9.17, 15) is 0 Å². The van der Waals surface area contributed by atoms with Gasteiger partial charge in [-0.2, -0.15) is 0 Å². The molecule has 1 saturated heterocycles. The Balaban J connectivity index is 1.48. The fourth-order valence-electron chi connectivity index (χ4n) is 2.71. The second-order valence-electron chi connectivity index (χ2n) is 5.15. The number of fused-ring (bicyclic) bond motifs is 1. The molecular formula is C15H21NO2. The minimum atomic E-state index is 0.795. The van der Waals surface area contributed by atoms with E-state index in [1.807, 2.05) is 0 Å². The van der Waals surface area contributed by atoms with Crippen LogP contribution in [0.1, 0.15) is 23.1 Å². The minimum absolute atomic E-state index is 0.795. The summed E-state index contributed by atoms with van der Waals surface area (Å²) in [5.41, 5.74) is 4.21. The highest BCUT2D eigenvalue weighted by Crippen LogP contribution is 2.21. The van der Waals surface area contributed by atoms with Gasteiger partial charge in [0.2, 0.25) is 0 Å². The standard InChI is InChI=1S/C15H21NO2/c1(5-16-6-8-17-9-7-16)2-13-3-4-14-11-18-12-15(14)10-13/h3-4,10H,1-2,5-9,11-12H2. The van der Waals surface area contributed by atoms with E-state index in [0.717, 1.165) is 39.5 Å². The predicted molar refractivity (Wildman–Crippen MR) is 70.5 cm³/mol. The molecule has 0 amide bonds. The van der Waals surface area contributed by atoms with Crippen LogP contribution in [0.4, 0.5) is 0 Å². The van der Waals surface area contributed by atoms with Crippen molar-refractivity contribution < 1.29 is 9.47 Å². The highest BCUT2D eigenvalue weighted by atomic mass is 16.5. The van der Waals surface area contributed by atoms with Crippen LogP contribution in [0.25, 0.3) is 0 Å². The van der Waals surface area contributed by atoms with Crippen LogP contribution in [-0.2, 0) is 29.1 Å². The van der Waals surface area contributed by atoms with E-state index in [1.165, 1.54) is 36.1 Å². The summed E-state index contributed by atoms with van der Waals surface area (Å²) in [5.74, 6) is 0. The van der Waals surface area contributed by atoms with Crippen LogP contribution in [0.2, 0.25) is 0 Å². The van der Waals surface area contributed by atoms with Crippen molar-refractivity contribution in [3.05, 3.63) is 34.9 Å². The maximum Gasteiger partial charge on any atom is 0.0725 e. The molecule has 2 heterocycles. The topological polar surface area (TPSA) is 21.7 Å². The largest absolute Gasteiger partial charge is 0.379 e. The molecule has 0 N–H and O–H groups in total. The van der Waals surface area contributed by atoms with Gasteiger partial charge in [-0.3, -0.25) is 4.90 Å². The Morgan fingerprint density at radius 3 is 2.72 bits per heavy atom. The third kappa shape index (κ3) is 2.91. The maximum absolute atomic E-state index is 5.45. The van der Waals surface area contributed by atoms with Crippen molar-refractivity contribution in [1.82, 2.24) is 4.90 Å². The zero-order chi connectivity index (χ0) is 12.2. The first-order valence-corrected chi connectivity index (χ1v) is 6.90. The van der Waals surface area contributed by atoms with Crippen molar-refractivity contribution in [1.29, 1.82) is 0 Å². The van der Waals surface area contributed by atoms with Gasteiger partial charge in [0.05, 0.1) is 26.4 Å². The van der Waals surface area contributed by atoms with Gasteiger partial charge in [0.15, 0.2) is 0 Å². The lowest BCUT2D eigenvalue weighted by Crippen LogP contribution is -2.36. The van der Waals surface area contributed by atoms with Gasteiger partial charge < -0.3 is 9.47 Å². The summed E-state index contributed by atoms with van der Waals surface area (Å²) >= 11 is 0. The Bertz CT molecular complexity index is 399. The maximum atomic E-state index is 5.45. The Morgan fingerprint density at radius 1 is 1.00 bits per heavy atom. The van der Waals surface area contributed by atoms with Crippen molar-refractivity contribution in [2.75, 3.05) is 32.8 Å². The second kappa shape index (κ2) is 5.83. The first-order chi connectivity index (χ1) is 8.92. The number of aryl methyl sites for hydroxylation is 1. The van der Waals surface area contributed by atoms with Crippen LogP contribution in [0.3, 0.4) is 0 Å². The number of ether oxygens (including phenoxy) is 2. The van der Waals surface area contributed by atoms with E-state index in [1.54, 1.807) is 0 Å². The van der Waals surface area contributed by atoms with E-state index in [4.69, 9.17) is 9.47 Å². The van der Waals surface area contributed by atoms with Crippen molar-refractivity contribution in [2.45, 2.75) is 26.1 Å². The van der Waals surface area contributed by atoms with Crippen molar-refractivity contribution in [3.63, 3.8) is 0 Å². The molecule has 0 saturated carbocycles. The lowest BCUT2D eigenvalue weighted by atomic mass is 10.0. The van der Waals surface area contributed by atoms with Gasteiger partial charge in [0.25, 0.3) is 0 Å². The summed E-state index contributed by atoms with van der Waals surface area (Å²) in [6, 6.07) is 6.81. The van der Waals surface area contributed by atoms with Gasteiger partial charge in [-0.05, 0) is 36.1 Å². The van der Waals surface area contributed by atoms with Crippen molar-refractivity contribution in [2.24, 2.45) is 0 Å². The van der Waals surface area contributed by atoms with Crippen molar-refractivity contribution >= 4 is 0 Å². The Hall–Kier alpha value is -0.900. The fraction of sp³-hybridized carbons (Fsp3) is 0.600. The van der Waals surface area contributed by atoms with E-state index in [-0.39, 0.29) is 0 Å². The lowest BCUT2D eigenvalue weighted by Gasteiger charge is -2.26. The van der Waals surface area contributed by atoms with Gasteiger partial charge in [0.1, 0.15) is 0 Å². The normalized spacial score (nSPS) is 20.0. The number of benzene rings is 1. The molecule has 3 rings (SSSR count). The summed E-state index contributed by atoms with van der Waals surface area (Å²) < 4.78 is 10.8. The summed E-state index contributed by atoms with van der Waals surface area (Å²) in [6.07, 6.45) is 2.41. The molecule has 0 unspecified atom stereocenters. The van der Waals surface area contributed by atoms with E-state index in [2.05, 4.69) is 23.1 Å². The summed E-state index contributed by atoms with van der Waals surface area (Å²) in [5, 5.41) is 0. The SMILES string of the molecule is c1cc2c(cc1CCCN1CCOCC1)COC2. The molecule has 0 aromatic heterocycles. The van der Waals surface area contributed by atoms with Gasteiger partial charge in [-0.1, -0.05) is 18.2 Å². The highest BCUT2D eigenvalue weighted by molar-refractivity contribution is 5.33. The van der Waals surface area contributed by atoms with Gasteiger partial charge in [-0.15, -0.1) is 0 Å². The zero-order valence-corrected chi connectivity index (χ0v) is 10.9. The fourth-order valence-corrected chi connectivity index (χ4v) is 2.71. The molecule has 1 aromatic carbocycles. The summed E-state index contributed by atoms with van der Waals surface area (Å²) in [4.78, 5) is 2.50. The van der Waals surface area contributed by atoms with Crippen molar-refractivity contribution in [3.8, 4) is 0 Å². The molecule has 98 valence electrons. The number of hydrogen-bond acceptors (Lipinski definition) is 3. The van der Waals surface area contributed by atoms with Crippen LogP contribution < -0.4 is 0 Å². The zero-order valence-electron chi connectivity index (χ0n) is 10.9. The third-order valence-corrected chi connectivity index (χ3v) is 3.83. The first-order valence-electron chi connectivity index (χ1n) is 6.90. The minimum Gasteiger partial charge on any atom is -0.379 e. The molecule has 2 aliphatic rings. The Labute approximate surface area is 109 Å². The predicted octanol–water partition coefficient (Wildman–Crippen LogP) is 1.98. The van der Waals surface area contributed by atoms with Crippen LogP contribution >= 0.6 is 0 Å². The number of nitrogens with zero attached hydrogens (tertiary/aromatic N) is 1. The average Bonchev–Trinajstić information content (AvgIpc) is 2.87. The molecule has 0 bridgehead atoms. The van der Waals surface area contributed by atoms with Gasteiger partial charge >= 0.3 is 0 Å². The molecule has 18 heavy (non-hydrogen) atoms. The highest BCUT2D eigenvalue weighted by Gasteiger charge is 2.12. The van der Waals surface area contributed by atoms with Crippen LogP contribution in [-0.4, -0.2) is 37.7 Å². The molecule has 0 radical (unpaired) electrons. The summed E-state index contributed by atoms with van der Waals surface area (Å²) in [7, 11) is 0. The molecular weight excluding hydrogens is 226 g/mol. The van der Waals surface area contributed by atoms with E-state index >= 15 is 0 Å². The molecule has 0 spiro atoms. The van der Waals surface area contributed by atoms with Gasteiger partial charge in [-0.25, -0.2) is 0 Å². The molecule has 1 aromatic rings. The Morgan fingerprint density at radius 2 is 1.83 bits per heavy atom. The quantitative estimate of drug-likeness (QED) is 0.812. The number of rotatable bonds is 4. The molecule has 3 heteroatoms. The van der Waals surface area contributed by atoms with Crippen LogP contribution in [0, 0.1) is 0 Å². The van der Waals surface area contributed by atoms with Crippen LogP contribution in [0.5, 0.6) is 0 Å². The van der Waals surface area contributed by atoms with E-state index < -0.39 is 0 Å².